The van der Waals surface area contributed by atoms with Crippen molar-refractivity contribution >= 4 is 28.0 Å². The lowest BCUT2D eigenvalue weighted by Crippen LogP contribution is -2.53. The Morgan fingerprint density at radius 3 is 2.58 bits per heavy atom. The number of hydrogen-bond donors (Lipinski definition) is 3. The highest BCUT2D eigenvalue weighted by Crippen LogP contribution is 2.46. The first-order chi connectivity index (χ1) is 15.0. The molecule has 4 atom stereocenters. The molecule has 0 spiro atoms. The fourth-order valence-electron chi connectivity index (χ4n) is 5.28. The number of nitrogens with one attached hydrogen (secondary N) is 1. The molecule has 0 unspecified atom stereocenters. The van der Waals surface area contributed by atoms with E-state index in [-0.39, 0.29) is 30.3 Å². The van der Waals surface area contributed by atoms with Gasteiger partial charge in [-0.05, 0) is 29.8 Å². The average Bonchev–Trinajstić information content (AvgIpc) is 2.78. The number of rotatable bonds is 1. The Bertz CT molecular complexity index is 1300. The molecule has 0 radical (unpaired) electrons. The molecule has 1 saturated heterocycles. The van der Waals surface area contributed by atoms with E-state index in [1.165, 1.54) is 0 Å². The van der Waals surface area contributed by atoms with Crippen molar-refractivity contribution in [1.82, 2.24) is 0 Å². The molecule has 3 aliphatic rings. The largest absolute Gasteiger partial charge is 0.394 e. The van der Waals surface area contributed by atoms with Crippen molar-refractivity contribution in [2.45, 2.75) is 37.7 Å². The molecule has 2 aliphatic heterocycles. The lowest BCUT2D eigenvalue weighted by molar-refractivity contribution is -0.143. The number of anilines is 1. The molecule has 6 heteroatoms. The van der Waals surface area contributed by atoms with Gasteiger partial charge in [-0.15, -0.1) is 0 Å². The van der Waals surface area contributed by atoms with E-state index < -0.39 is 12.2 Å². The van der Waals surface area contributed by atoms with E-state index in [0.29, 0.717) is 34.4 Å². The van der Waals surface area contributed by atoms with Crippen LogP contribution in [0.25, 0.3) is 10.8 Å². The number of ketones is 2. The topological polar surface area (TPSA) is 95.9 Å². The molecule has 2 heterocycles. The predicted octanol–water partition coefficient (Wildman–Crippen LogP) is 2.90. The normalized spacial score (nSPS) is 26.2. The zero-order chi connectivity index (χ0) is 21.4. The number of aliphatic hydroxyl groups excluding tert-OH is 2. The standard InChI is InChI=1S/C25H21NO5/c1-11-2-4-13-12(8-11)3-5-15-20(13)23(28)16-7-6-14-18-9-17(25(30)19(10-27)31-18)26-22(14)21(16)24(15)29/h2-8,17-19,25-27,30H,9-10H2,1H3/t17-,18-,19-,25-/m1/s1. The highest BCUT2D eigenvalue weighted by Gasteiger charge is 2.44. The summed E-state index contributed by atoms with van der Waals surface area (Å²) in [6.45, 7) is 1.71. The van der Waals surface area contributed by atoms with Gasteiger partial charge in [0.15, 0.2) is 11.6 Å². The smallest absolute Gasteiger partial charge is 0.196 e. The van der Waals surface area contributed by atoms with Gasteiger partial charge in [0, 0.05) is 28.7 Å². The van der Waals surface area contributed by atoms with Crippen molar-refractivity contribution in [2.24, 2.45) is 0 Å². The monoisotopic (exact) mass is 415 g/mol. The van der Waals surface area contributed by atoms with Gasteiger partial charge in [-0.2, -0.15) is 0 Å². The molecule has 0 aromatic heterocycles. The zero-order valence-electron chi connectivity index (χ0n) is 16.9. The Morgan fingerprint density at radius 2 is 1.77 bits per heavy atom. The van der Waals surface area contributed by atoms with Crippen LogP contribution in [0.4, 0.5) is 5.69 Å². The fraction of sp³-hybridized carbons (Fsp3) is 0.280. The quantitative estimate of drug-likeness (QED) is 0.442. The maximum atomic E-state index is 13.6. The molecule has 0 amide bonds. The van der Waals surface area contributed by atoms with Crippen molar-refractivity contribution < 1.29 is 24.5 Å². The van der Waals surface area contributed by atoms with Gasteiger partial charge in [0.1, 0.15) is 12.2 Å². The van der Waals surface area contributed by atoms with Gasteiger partial charge in [-0.1, -0.05) is 35.9 Å². The molecule has 6 nitrogen and oxygen atoms in total. The van der Waals surface area contributed by atoms with E-state index >= 15 is 0 Å². The third kappa shape index (κ3) is 2.50. The van der Waals surface area contributed by atoms with Crippen LogP contribution in [0.2, 0.25) is 0 Å². The average molecular weight is 415 g/mol. The number of aryl methyl sites for hydroxylation is 1. The van der Waals surface area contributed by atoms with Crippen LogP contribution >= 0.6 is 0 Å². The number of carbonyl (C=O) groups is 2. The summed E-state index contributed by atoms with van der Waals surface area (Å²) in [5.41, 5.74) is 3.98. The van der Waals surface area contributed by atoms with E-state index in [1.807, 2.05) is 37.3 Å². The van der Waals surface area contributed by atoms with Crippen LogP contribution in [-0.2, 0) is 4.74 Å². The summed E-state index contributed by atoms with van der Waals surface area (Å²) >= 11 is 0. The first kappa shape index (κ1) is 18.7. The SMILES string of the molecule is Cc1ccc2c3c(ccc2c1)C(=O)c1c(ccc2c1N[C@@H]1C[C@H]2O[C@H](CO)[C@@H]1O)C3=O. The van der Waals surface area contributed by atoms with Gasteiger partial charge in [-0.25, -0.2) is 0 Å². The summed E-state index contributed by atoms with van der Waals surface area (Å²) in [5, 5.41) is 25.1. The second kappa shape index (κ2) is 6.47. The van der Waals surface area contributed by atoms with Crippen molar-refractivity contribution in [3.63, 3.8) is 0 Å². The summed E-state index contributed by atoms with van der Waals surface area (Å²) in [4.78, 5) is 27.2. The molecule has 6 rings (SSSR count). The Kier molecular flexibility index (Phi) is 3.90. The minimum Gasteiger partial charge on any atom is -0.394 e. The van der Waals surface area contributed by atoms with Crippen LogP contribution in [0, 0.1) is 6.92 Å². The minimum atomic E-state index is -0.904. The molecule has 3 aromatic carbocycles. The number of fused-ring (bicyclic) bond motifs is 9. The molecule has 3 aromatic rings. The highest BCUT2D eigenvalue weighted by molar-refractivity contribution is 6.33. The van der Waals surface area contributed by atoms with Gasteiger partial charge in [-0.3, -0.25) is 9.59 Å². The number of aliphatic hydroxyl groups is 2. The number of ether oxygens (including phenoxy) is 1. The molecule has 0 saturated carbocycles. The molecule has 2 bridgehead atoms. The number of hydrogen-bond acceptors (Lipinski definition) is 6. The summed E-state index contributed by atoms with van der Waals surface area (Å²) in [7, 11) is 0. The highest BCUT2D eigenvalue weighted by atomic mass is 16.5. The molecule has 156 valence electrons. The van der Waals surface area contributed by atoms with E-state index in [1.54, 1.807) is 12.1 Å². The Labute approximate surface area is 178 Å². The van der Waals surface area contributed by atoms with Crippen LogP contribution in [0.3, 0.4) is 0 Å². The third-order valence-corrected chi connectivity index (χ3v) is 6.81. The van der Waals surface area contributed by atoms with Gasteiger partial charge < -0.3 is 20.3 Å². The van der Waals surface area contributed by atoms with Gasteiger partial charge in [0.25, 0.3) is 0 Å². The van der Waals surface area contributed by atoms with Crippen LogP contribution in [-0.4, -0.2) is 46.6 Å². The minimum absolute atomic E-state index is 0.172. The van der Waals surface area contributed by atoms with Gasteiger partial charge in [0.05, 0.1) is 30.0 Å². The first-order valence-electron chi connectivity index (χ1n) is 10.5. The van der Waals surface area contributed by atoms with Crippen LogP contribution in [0.15, 0.2) is 42.5 Å². The molecular weight excluding hydrogens is 394 g/mol. The predicted molar refractivity (Wildman–Crippen MR) is 115 cm³/mol. The van der Waals surface area contributed by atoms with Crippen molar-refractivity contribution in [1.29, 1.82) is 0 Å². The van der Waals surface area contributed by atoms with E-state index in [4.69, 9.17) is 4.74 Å². The maximum Gasteiger partial charge on any atom is 0.196 e. The van der Waals surface area contributed by atoms with Crippen molar-refractivity contribution in [3.05, 3.63) is 75.8 Å². The Balaban J connectivity index is 1.54. The lowest BCUT2D eigenvalue weighted by atomic mass is 9.77. The van der Waals surface area contributed by atoms with Crippen LogP contribution < -0.4 is 5.32 Å². The molecule has 1 aliphatic carbocycles. The summed E-state index contributed by atoms with van der Waals surface area (Å²) in [6, 6.07) is 12.6. The summed E-state index contributed by atoms with van der Waals surface area (Å²) in [6.07, 6.45) is -1.41. The first-order valence-corrected chi connectivity index (χ1v) is 10.5. The Morgan fingerprint density at radius 1 is 1.03 bits per heavy atom. The molecule has 3 N–H and O–H groups in total. The molecule has 1 fully saturated rings. The van der Waals surface area contributed by atoms with Crippen LogP contribution in [0.5, 0.6) is 0 Å². The van der Waals surface area contributed by atoms with Crippen molar-refractivity contribution in [3.8, 4) is 0 Å². The van der Waals surface area contributed by atoms with E-state index in [0.717, 1.165) is 21.9 Å². The molecule has 31 heavy (non-hydrogen) atoms. The maximum absolute atomic E-state index is 13.6. The zero-order valence-corrected chi connectivity index (χ0v) is 16.9. The summed E-state index contributed by atoms with van der Waals surface area (Å²) in [5.74, 6) is -0.376. The summed E-state index contributed by atoms with van der Waals surface area (Å²) < 4.78 is 5.90. The Hall–Kier alpha value is -3.06. The lowest BCUT2D eigenvalue weighted by Gasteiger charge is -2.45. The van der Waals surface area contributed by atoms with Gasteiger partial charge >= 0.3 is 0 Å². The van der Waals surface area contributed by atoms with E-state index in [9.17, 15) is 19.8 Å². The molecular formula is C25H21NO5. The fourth-order valence-corrected chi connectivity index (χ4v) is 5.28. The second-order valence-electron chi connectivity index (χ2n) is 8.65. The van der Waals surface area contributed by atoms with E-state index in [2.05, 4.69) is 5.32 Å². The van der Waals surface area contributed by atoms with Gasteiger partial charge in [0.2, 0.25) is 0 Å². The number of carbonyl (C=O) groups excluding carboxylic acids is 2. The third-order valence-electron chi connectivity index (χ3n) is 6.81. The van der Waals surface area contributed by atoms with Crippen LogP contribution in [0.1, 0.15) is 55.5 Å². The second-order valence-corrected chi connectivity index (χ2v) is 8.65. The number of benzene rings is 3. The van der Waals surface area contributed by atoms with Crippen molar-refractivity contribution in [2.75, 3.05) is 11.9 Å².